The van der Waals surface area contributed by atoms with Gasteiger partial charge in [-0.25, -0.2) is 4.79 Å². The largest absolute Gasteiger partial charge is 0.478 e. The molecule has 0 fully saturated rings. The third-order valence-electron chi connectivity index (χ3n) is 2.88. The van der Waals surface area contributed by atoms with E-state index >= 15 is 0 Å². The van der Waals surface area contributed by atoms with Crippen LogP contribution < -0.4 is 5.73 Å². The number of rotatable bonds is 4. The molecule has 0 aliphatic carbocycles. The van der Waals surface area contributed by atoms with Crippen molar-refractivity contribution in [2.24, 2.45) is 5.73 Å². The third-order valence-corrected chi connectivity index (χ3v) is 2.88. The lowest BCUT2D eigenvalue weighted by Gasteiger charge is -2.06. The van der Waals surface area contributed by atoms with E-state index in [4.69, 9.17) is 10.8 Å². The minimum Gasteiger partial charge on any atom is -0.478 e. The van der Waals surface area contributed by atoms with Crippen LogP contribution in [0.25, 0.3) is 0 Å². The second-order valence-electron chi connectivity index (χ2n) is 4.20. The van der Waals surface area contributed by atoms with Crippen molar-refractivity contribution < 1.29 is 14.7 Å². The first-order chi connectivity index (χ1) is 9.08. The number of carboxylic acids is 1. The molecule has 0 unspecified atom stereocenters. The molecule has 3 N–H and O–H groups in total. The average Bonchev–Trinajstić information content (AvgIpc) is 2.39. The number of primary amides is 1. The first-order valence-corrected chi connectivity index (χ1v) is 5.78. The number of amides is 1. The van der Waals surface area contributed by atoms with Crippen LogP contribution in [-0.2, 0) is 6.42 Å². The number of benzene rings is 2. The number of hydrogen-bond acceptors (Lipinski definition) is 2. The number of aromatic carboxylic acids is 1. The summed E-state index contributed by atoms with van der Waals surface area (Å²) in [5.74, 6) is -1.41. The Morgan fingerprint density at radius 1 is 1.00 bits per heavy atom. The lowest BCUT2D eigenvalue weighted by atomic mass is 9.99. The van der Waals surface area contributed by atoms with Crippen molar-refractivity contribution in [2.75, 3.05) is 0 Å². The first-order valence-electron chi connectivity index (χ1n) is 5.78. The molecule has 4 nitrogen and oxygen atoms in total. The van der Waals surface area contributed by atoms with Gasteiger partial charge in [-0.15, -0.1) is 0 Å². The Labute approximate surface area is 110 Å². The molecule has 2 rings (SSSR count). The zero-order valence-corrected chi connectivity index (χ0v) is 10.2. The molecule has 2 aromatic carbocycles. The van der Waals surface area contributed by atoms with Crippen LogP contribution in [0.15, 0.2) is 48.5 Å². The van der Waals surface area contributed by atoms with Gasteiger partial charge >= 0.3 is 5.97 Å². The topological polar surface area (TPSA) is 80.4 Å². The molecule has 0 saturated carbocycles. The summed E-state index contributed by atoms with van der Waals surface area (Å²) in [5.41, 5.74) is 7.56. The van der Waals surface area contributed by atoms with Crippen molar-refractivity contribution in [3.8, 4) is 0 Å². The van der Waals surface area contributed by atoms with Gasteiger partial charge in [0, 0.05) is 5.56 Å². The highest BCUT2D eigenvalue weighted by molar-refractivity contribution is 5.92. The van der Waals surface area contributed by atoms with Crippen molar-refractivity contribution in [3.63, 3.8) is 0 Å². The highest BCUT2D eigenvalue weighted by Gasteiger charge is 2.09. The van der Waals surface area contributed by atoms with Gasteiger partial charge in [0.05, 0.1) is 5.56 Å². The van der Waals surface area contributed by atoms with Crippen molar-refractivity contribution in [1.29, 1.82) is 0 Å². The average molecular weight is 255 g/mol. The van der Waals surface area contributed by atoms with Gasteiger partial charge in [0.1, 0.15) is 0 Å². The van der Waals surface area contributed by atoms with E-state index in [0.717, 1.165) is 11.1 Å². The molecule has 0 bridgehead atoms. The van der Waals surface area contributed by atoms with Gasteiger partial charge in [-0.2, -0.15) is 0 Å². The second kappa shape index (κ2) is 5.35. The SMILES string of the molecule is NC(=O)c1ccc(Cc2ccccc2C(=O)O)cc1. The van der Waals surface area contributed by atoms with Gasteiger partial charge in [-0.05, 0) is 35.7 Å². The molecule has 1 amide bonds. The van der Waals surface area contributed by atoms with E-state index in [1.807, 2.05) is 0 Å². The highest BCUT2D eigenvalue weighted by atomic mass is 16.4. The lowest BCUT2D eigenvalue weighted by Crippen LogP contribution is -2.10. The Morgan fingerprint density at radius 3 is 2.21 bits per heavy atom. The van der Waals surface area contributed by atoms with Crippen LogP contribution in [0.4, 0.5) is 0 Å². The standard InChI is InChI=1S/C15H13NO3/c16-14(17)11-7-5-10(6-8-11)9-12-3-1-2-4-13(12)15(18)19/h1-8H,9H2,(H2,16,17)(H,18,19). The molecule has 0 spiro atoms. The zero-order chi connectivity index (χ0) is 13.8. The van der Waals surface area contributed by atoms with E-state index in [1.165, 1.54) is 0 Å². The number of hydrogen-bond donors (Lipinski definition) is 2. The van der Waals surface area contributed by atoms with Crippen LogP contribution in [0.5, 0.6) is 0 Å². The predicted octanol–water partition coefficient (Wildman–Crippen LogP) is 2.07. The fourth-order valence-corrected chi connectivity index (χ4v) is 1.89. The summed E-state index contributed by atoms with van der Waals surface area (Å²) in [6, 6.07) is 13.7. The van der Waals surface area contributed by atoms with Gasteiger partial charge in [0.2, 0.25) is 5.91 Å². The van der Waals surface area contributed by atoms with Crippen molar-refractivity contribution in [2.45, 2.75) is 6.42 Å². The van der Waals surface area contributed by atoms with Crippen molar-refractivity contribution in [3.05, 3.63) is 70.8 Å². The van der Waals surface area contributed by atoms with Crippen molar-refractivity contribution >= 4 is 11.9 Å². The van der Waals surface area contributed by atoms with Gasteiger partial charge in [0.15, 0.2) is 0 Å². The van der Waals surface area contributed by atoms with E-state index in [9.17, 15) is 9.59 Å². The van der Waals surface area contributed by atoms with E-state index in [-0.39, 0.29) is 0 Å². The van der Waals surface area contributed by atoms with E-state index < -0.39 is 11.9 Å². The fourth-order valence-electron chi connectivity index (χ4n) is 1.89. The molecule has 4 heteroatoms. The highest BCUT2D eigenvalue weighted by Crippen LogP contribution is 2.15. The molecule has 0 saturated heterocycles. The predicted molar refractivity (Wildman–Crippen MR) is 71.2 cm³/mol. The van der Waals surface area contributed by atoms with Gasteiger partial charge in [-0.1, -0.05) is 30.3 Å². The molecule has 2 aromatic rings. The summed E-state index contributed by atoms with van der Waals surface area (Å²) in [6.45, 7) is 0. The molecule has 0 aliphatic rings. The maximum atomic E-state index is 11.1. The van der Waals surface area contributed by atoms with Crippen LogP contribution in [0.3, 0.4) is 0 Å². The Balaban J connectivity index is 2.26. The maximum absolute atomic E-state index is 11.1. The Morgan fingerprint density at radius 2 is 1.63 bits per heavy atom. The van der Waals surface area contributed by atoms with Crippen LogP contribution in [0, 0.1) is 0 Å². The lowest BCUT2D eigenvalue weighted by molar-refractivity contribution is 0.0695. The van der Waals surface area contributed by atoms with Gasteiger partial charge in [-0.3, -0.25) is 4.79 Å². The summed E-state index contributed by atoms with van der Waals surface area (Å²) in [6.07, 6.45) is 0.502. The summed E-state index contributed by atoms with van der Waals surface area (Å²) in [4.78, 5) is 22.1. The number of carboxylic acid groups (broad SMARTS) is 1. The van der Waals surface area contributed by atoms with Crippen molar-refractivity contribution in [1.82, 2.24) is 0 Å². The summed E-state index contributed by atoms with van der Waals surface area (Å²) in [5, 5.41) is 9.10. The maximum Gasteiger partial charge on any atom is 0.335 e. The smallest absolute Gasteiger partial charge is 0.335 e. The monoisotopic (exact) mass is 255 g/mol. The number of nitrogens with two attached hydrogens (primary N) is 1. The third kappa shape index (κ3) is 2.98. The summed E-state index contributed by atoms with van der Waals surface area (Å²) >= 11 is 0. The van der Waals surface area contributed by atoms with Gasteiger partial charge in [0.25, 0.3) is 0 Å². The molecule has 0 aromatic heterocycles. The Bertz CT molecular complexity index is 618. The Hall–Kier alpha value is -2.62. The molecular weight excluding hydrogens is 242 g/mol. The second-order valence-corrected chi connectivity index (χ2v) is 4.20. The summed E-state index contributed by atoms with van der Waals surface area (Å²) < 4.78 is 0. The van der Waals surface area contributed by atoms with E-state index in [1.54, 1.807) is 48.5 Å². The van der Waals surface area contributed by atoms with Gasteiger partial charge < -0.3 is 10.8 Å². The van der Waals surface area contributed by atoms with Crippen LogP contribution in [0.1, 0.15) is 31.8 Å². The van der Waals surface area contributed by atoms with Crippen LogP contribution in [0.2, 0.25) is 0 Å². The Kier molecular flexibility index (Phi) is 3.61. The van der Waals surface area contributed by atoms with Crippen LogP contribution in [-0.4, -0.2) is 17.0 Å². The summed E-state index contributed by atoms with van der Waals surface area (Å²) in [7, 11) is 0. The number of carbonyl (C=O) groups excluding carboxylic acids is 1. The molecule has 96 valence electrons. The minimum atomic E-state index is -0.940. The minimum absolute atomic E-state index is 0.293. The molecule has 19 heavy (non-hydrogen) atoms. The number of carbonyl (C=O) groups is 2. The zero-order valence-electron chi connectivity index (χ0n) is 10.2. The molecular formula is C15H13NO3. The molecule has 0 heterocycles. The quantitative estimate of drug-likeness (QED) is 0.877. The van der Waals surface area contributed by atoms with E-state index in [0.29, 0.717) is 17.5 Å². The van der Waals surface area contributed by atoms with E-state index in [2.05, 4.69) is 0 Å². The molecule has 0 aliphatic heterocycles. The normalized spacial score (nSPS) is 10.1. The molecule has 0 atom stereocenters. The fraction of sp³-hybridized carbons (Fsp3) is 0.0667. The van der Waals surface area contributed by atoms with Crippen LogP contribution >= 0.6 is 0 Å². The first kappa shape index (κ1) is 12.8. The molecule has 0 radical (unpaired) electrons.